The number of hydrogen-bond acceptors (Lipinski definition) is 4. The number of rotatable bonds is 3. The predicted molar refractivity (Wildman–Crippen MR) is 90.7 cm³/mol. The van der Waals surface area contributed by atoms with Crippen LogP contribution in [0, 0.1) is 17.2 Å². The van der Waals surface area contributed by atoms with Crippen LogP contribution in [0.5, 0.6) is 11.5 Å². The Morgan fingerprint density at radius 1 is 1.21 bits per heavy atom. The van der Waals surface area contributed by atoms with Gasteiger partial charge in [-0.3, -0.25) is 4.79 Å². The molecule has 1 heterocycles. The van der Waals surface area contributed by atoms with E-state index in [-0.39, 0.29) is 23.3 Å². The summed E-state index contributed by atoms with van der Waals surface area (Å²) in [5, 5.41) is 18.9. The Morgan fingerprint density at radius 3 is 2.58 bits per heavy atom. The number of H-pyrrole nitrogens is 1. The first-order valence-corrected chi connectivity index (χ1v) is 7.57. The van der Waals surface area contributed by atoms with Crippen LogP contribution < -0.4 is 10.3 Å². The van der Waals surface area contributed by atoms with Crippen LogP contribution in [-0.2, 0) is 0 Å². The highest BCUT2D eigenvalue weighted by Gasteiger charge is 2.16. The molecule has 0 spiro atoms. The van der Waals surface area contributed by atoms with E-state index < -0.39 is 5.56 Å². The van der Waals surface area contributed by atoms with E-state index in [4.69, 9.17) is 4.74 Å². The van der Waals surface area contributed by atoms with Gasteiger partial charge in [0.05, 0.1) is 5.69 Å². The molecule has 2 N–H and O–H groups in total. The molecule has 1 aromatic carbocycles. The summed E-state index contributed by atoms with van der Waals surface area (Å²) in [6.07, 6.45) is 8.00. The first-order chi connectivity index (χ1) is 11.6. The minimum absolute atomic E-state index is 0.0314. The number of allylic oxidation sites excluding steroid dienone is 2. The molecular weight excluding hydrogens is 304 g/mol. The lowest BCUT2D eigenvalue weighted by Gasteiger charge is -2.22. The fourth-order valence-corrected chi connectivity index (χ4v) is 2.58. The first kappa shape index (κ1) is 15.6. The molecule has 0 aliphatic heterocycles. The maximum Gasteiger partial charge on any atom is 0.252 e. The zero-order valence-electron chi connectivity index (χ0n) is 13.1. The van der Waals surface area contributed by atoms with Crippen molar-refractivity contribution in [1.29, 1.82) is 5.26 Å². The molecule has 0 saturated heterocycles. The normalized spacial score (nSPS) is 19.0. The van der Waals surface area contributed by atoms with Gasteiger partial charge in [-0.2, -0.15) is 5.26 Å². The maximum absolute atomic E-state index is 11.6. The van der Waals surface area contributed by atoms with Gasteiger partial charge in [0.15, 0.2) is 0 Å². The summed E-state index contributed by atoms with van der Waals surface area (Å²) in [4.78, 5) is 14.1. The van der Waals surface area contributed by atoms with Gasteiger partial charge < -0.3 is 14.8 Å². The van der Waals surface area contributed by atoms with Crippen LogP contribution in [0.15, 0.2) is 59.4 Å². The van der Waals surface area contributed by atoms with Crippen molar-refractivity contribution in [2.24, 2.45) is 5.92 Å². The van der Waals surface area contributed by atoms with Crippen LogP contribution in [0.1, 0.15) is 12.5 Å². The molecule has 0 radical (unpaired) electrons. The summed E-state index contributed by atoms with van der Waals surface area (Å²) in [6.45, 7) is 2.08. The molecule has 5 heteroatoms. The summed E-state index contributed by atoms with van der Waals surface area (Å²) in [7, 11) is 0. The van der Waals surface area contributed by atoms with Gasteiger partial charge in [-0.1, -0.05) is 25.2 Å². The predicted octanol–water partition coefficient (Wildman–Crippen LogP) is 3.13. The highest BCUT2D eigenvalue weighted by molar-refractivity contribution is 5.69. The fourth-order valence-electron chi connectivity index (χ4n) is 2.58. The van der Waals surface area contributed by atoms with Crippen molar-refractivity contribution < 1.29 is 9.84 Å². The molecule has 0 amide bonds. The number of hydrogen-bond donors (Lipinski definition) is 2. The maximum atomic E-state index is 11.6. The van der Waals surface area contributed by atoms with Crippen LogP contribution in [0.3, 0.4) is 0 Å². The minimum Gasteiger partial charge on any atom is -0.506 e. The number of ether oxygens (including phenoxy) is 1. The van der Waals surface area contributed by atoms with Crippen LogP contribution >= 0.6 is 0 Å². The van der Waals surface area contributed by atoms with Gasteiger partial charge in [0.25, 0.3) is 5.56 Å². The Morgan fingerprint density at radius 2 is 1.92 bits per heavy atom. The number of nitrogens with one attached hydrogen (secondary N) is 1. The summed E-state index contributed by atoms with van der Waals surface area (Å²) in [5.41, 5.74) is 0.494. The first-order valence-electron chi connectivity index (χ1n) is 7.57. The molecule has 24 heavy (non-hydrogen) atoms. The average Bonchev–Trinajstić information content (AvgIpc) is 2.57. The number of aromatic hydroxyl groups is 1. The van der Waals surface area contributed by atoms with Gasteiger partial charge in [0, 0.05) is 12.0 Å². The fraction of sp³-hybridized carbons (Fsp3) is 0.158. The van der Waals surface area contributed by atoms with E-state index >= 15 is 0 Å². The third-order valence-electron chi connectivity index (χ3n) is 3.89. The summed E-state index contributed by atoms with van der Waals surface area (Å²) < 4.78 is 5.94. The molecule has 2 atom stereocenters. The topological polar surface area (TPSA) is 86.1 Å². The monoisotopic (exact) mass is 320 g/mol. The zero-order valence-corrected chi connectivity index (χ0v) is 13.1. The average molecular weight is 320 g/mol. The van der Waals surface area contributed by atoms with Gasteiger partial charge >= 0.3 is 0 Å². The molecule has 3 rings (SSSR count). The highest BCUT2D eigenvalue weighted by atomic mass is 16.5. The molecule has 1 aliphatic rings. The third-order valence-corrected chi connectivity index (χ3v) is 3.89. The van der Waals surface area contributed by atoms with E-state index in [1.807, 2.05) is 24.3 Å². The van der Waals surface area contributed by atoms with Gasteiger partial charge in [-0.25, -0.2) is 0 Å². The number of benzene rings is 1. The standard InChI is InChI=1S/C19H16N2O3/c1-12-4-2-3-5-17(12)24-14-8-6-13(7-9-14)19-15(11-20)16(22)10-18(23)21-19/h2-10,12,17H,1H3,(H2,21,22,23). The molecule has 2 unspecified atom stereocenters. The molecule has 5 nitrogen and oxygen atoms in total. The van der Waals surface area contributed by atoms with Crippen LogP contribution in [0.4, 0.5) is 0 Å². The summed E-state index contributed by atoms with van der Waals surface area (Å²) in [6, 6.07) is 9.94. The summed E-state index contributed by atoms with van der Waals surface area (Å²) >= 11 is 0. The SMILES string of the molecule is CC1C=CC=CC1Oc1ccc(-c2[nH]c(=O)cc(O)c2C#N)cc1. The molecule has 0 fully saturated rings. The number of aromatic amines is 1. The number of nitrogens with zero attached hydrogens (tertiary/aromatic N) is 1. The van der Waals surface area contributed by atoms with Crippen molar-refractivity contribution in [3.8, 4) is 28.8 Å². The van der Waals surface area contributed by atoms with Crippen molar-refractivity contribution in [3.63, 3.8) is 0 Å². The lowest BCUT2D eigenvalue weighted by atomic mass is 10.00. The number of nitriles is 1. The smallest absolute Gasteiger partial charge is 0.252 e. The molecule has 2 aromatic rings. The Balaban J connectivity index is 1.88. The second kappa shape index (κ2) is 6.47. The van der Waals surface area contributed by atoms with Crippen molar-refractivity contribution in [2.45, 2.75) is 13.0 Å². The Labute approximate surface area is 139 Å². The molecule has 1 aliphatic carbocycles. The number of aromatic nitrogens is 1. The Hall–Kier alpha value is -3.26. The lowest BCUT2D eigenvalue weighted by Crippen LogP contribution is -2.22. The van der Waals surface area contributed by atoms with Crippen LogP contribution in [-0.4, -0.2) is 16.2 Å². The van der Waals surface area contributed by atoms with Crippen LogP contribution in [0.2, 0.25) is 0 Å². The zero-order chi connectivity index (χ0) is 17.1. The Kier molecular flexibility index (Phi) is 4.21. The van der Waals surface area contributed by atoms with Crippen molar-refractivity contribution in [2.75, 3.05) is 0 Å². The Bertz CT molecular complexity index is 902. The van der Waals surface area contributed by atoms with E-state index in [1.165, 1.54) is 0 Å². The molecule has 1 aromatic heterocycles. The number of pyridine rings is 1. The lowest BCUT2D eigenvalue weighted by molar-refractivity contribution is 0.209. The van der Waals surface area contributed by atoms with Crippen LogP contribution in [0.25, 0.3) is 11.3 Å². The molecule has 0 saturated carbocycles. The molecular formula is C19H16N2O3. The van der Waals surface area contributed by atoms with E-state index in [2.05, 4.69) is 18.0 Å². The third kappa shape index (κ3) is 3.08. The van der Waals surface area contributed by atoms with Gasteiger partial charge in [-0.05, 0) is 35.9 Å². The van der Waals surface area contributed by atoms with Gasteiger partial charge in [0.1, 0.15) is 29.2 Å². The second-order valence-electron chi connectivity index (χ2n) is 5.62. The van der Waals surface area contributed by atoms with E-state index in [0.29, 0.717) is 17.0 Å². The van der Waals surface area contributed by atoms with Gasteiger partial charge in [0.2, 0.25) is 0 Å². The summed E-state index contributed by atoms with van der Waals surface area (Å²) in [5.74, 6) is 0.642. The largest absolute Gasteiger partial charge is 0.506 e. The quantitative estimate of drug-likeness (QED) is 0.909. The van der Waals surface area contributed by atoms with E-state index in [1.54, 1.807) is 24.3 Å². The van der Waals surface area contributed by atoms with E-state index in [9.17, 15) is 15.2 Å². The van der Waals surface area contributed by atoms with Crippen molar-refractivity contribution in [1.82, 2.24) is 4.98 Å². The molecule has 120 valence electrons. The minimum atomic E-state index is -0.463. The van der Waals surface area contributed by atoms with Crippen molar-refractivity contribution in [3.05, 3.63) is 70.6 Å². The van der Waals surface area contributed by atoms with Crippen molar-refractivity contribution >= 4 is 0 Å². The second-order valence-corrected chi connectivity index (χ2v) is 5.62. The highest BCUT2D eigenvalue weighted by Crippen LogP contribution is 2.28. The van der Waals surface area contributed by atoms with E-state index in [0.717, 1.165) is 6.07 Å². The van der Waals surface area contributed by atoms with Gasteiger partial charge in [-0.15, -0.1) is 0 Å². The molecule has 0 bridgehead atoms.